The van der Waals surface area contributed by atoms with Crippen LogP contribution in [0.15, 0.2) is 12.3 Å². The van der Waals surface area contributed by atoms with Gasteiger partial charge in [0.2, 0.25) is 0 Å². The van der Waals surface area contributed by atoms with Gasteiger partial charge < -0.3 is 5.21 Å². The van der Waals surface area contributed by atoms with Gasteiger partial charge in [-0.1, -0.05) is 13.8 Å². The van der Waals surface area contributed by atoms with E-state index in [4.69, 9.17) is 5.21 Å². The quantitative estimate of drug-likeness (QED) is 0.717. The lowest BCUT2D eigenvalue weighted by Crippen LogP contribution is -2.13. The average molecular weight is 183 g/mol. The molecule has 0 atom stereocenters. The van der Waals surface area contributed by atoms with Crippen molar-refractivity contribution in [1.82, 2.24) is 14.8 Å². The second-order valence-corrected chi connectivity index (χ2v) is 3.74. The molecular weight excluding hydrogens is 166 g/mol. The van der Waals surface area contributed by atoms with Gasteiger partial charge in [0.05, 0.1) is 12.2 Å². The number of hydrogen-bond donors (Lipinski definition) is 1. The van der Waals surface area contributed by atoms with E-state index in [1.165, 1.54) is 0 Å². The third-order valence-corrected chi connectivity index (χ3v) is 1.64. The van der Waals surface area contributed by atoms with Crippen molar-refractivity contribution in [2.45, 2.75) is 26.9 Å². The lowest BCUT2D eigenvalue weighted by molar-refractivity contribution is -0.0741. The van der Waals surface area contributed by atoms with E-state index >= 15 is 0 Å². The molecule has 0 bridgehead atoms. The van der Waals surface area contributed by atoms with Crippen LogP contribution in [0.1, 0.15) is 19.5 Å². The van der Waals surface area contributed by atoms with Crippen molar-refractivity contribution < 1.29 is 5.21 Å². The van der Waals surface area contributed by atoms with Crippen LogP contribution in [-0.2, 0) is 13.1 Å². The summed E-state index contributed by atoms with van der Waals surface area (Å²) >= 11 is 0. The van der Waals surface area contributed by atoms with Crippen LogP contribution < -0.4 is 0 Å². The largest absolute Gasteiger partial charge is 0.314 e. The molecule has 0 radical (unpaired) electrons. The smallest absolute Gasteiger partial charge is 0.0788 e. The van der Waals surface area contributed by atoms with Crippen molar-refractivity contribution in [2.24, 2.45) is 5.92 Å². The standard InChI is InChI=1S/C9H17N3O/c1-8(2)6-12-5-4-9(10-12)7-11(3)13/h4-5,8,13H,6-7H2,1-3H3. The Morgan fingerprint density at radius 3 is 2.85 bits per heavy atom. The Hall–Kier alpha value is -0.870. The predicted octanol–water partition coefficient (Wildman–Crippen LogP) is 1.36. The first-order valence-corrected chi connectivity index (χ1v) is 4.50. The summed E-state index contributed by atoms with van der Waals surface area (Å²) in [6, 6.07) is 1.93. The molecule has 1 heterocycles. The summed E-state index contributed by atoms with van der Waals surface area (Å²) in [4.78, 5) is 0. The summed E-state index contributed by atoms with van der Waals surface area (Å²) in [5.74, 6) is 0.597. The highest BCUT2D eigenvalue weighted by atomic mass is 16.5. The monoisotopic (exact) mass is 183 g/mol. The van der Waals surface area contributed by atoms with Crippen LogP contribution in [0.25, 0.3) is 0 Å². The third-order valence-electron chi connectivity index (χ3n) is 1.64. The number of aromatic nitrogens is 2. The lowest BCUT2D eigenvalue weighted by atomic mass is 10.2. The van der Waals surface area contributed by atoms with E-state index in [0.29, 0.717) is 12.5 Å². The molecule has 0 aromatic carbocycles. The highest BCUT2D eigenvalue weighted by Crippen LogP contribution is 2.01. The Kier molecular flexibility index (Phi) is 3.45. The maximum atomic E-state index is 8.98. The molecule has 0 aliphatic rings. The molecule has 4 nitrogen and oxygen atoms in total. The fraction of sp³-hybridized carbons (Fsp3) is 0.667. The van der Waals surface area contributed by atoms with Crippen LogP contribution in [0.2, 0.25) is 0 Å². The van der Waals surface area contributed by atoms with E-state index < -0.39 is 0 Å². The summed E-state index contributed by atoms with van der Waals surface area (Å²) in [6.45, 7) is 5.71. The van der Waals surface area contributed by atoms with Gasteiger partial charge in [-0.05, 0) is 12.0 Å². The molecule has 0 spiro atoms. The Morgan fingerprint density at radius 2 is 2.31 bits per heavy atom. The molecular formula is C9H17N3O. The summed E-state index contributed by atoms with van der Waals surface area (Å²) in [5.41, 5.74) is 0.894. The van der Waals surface area contributed by atoms with E-state index in [2.05, 4.69) is 18.9 Å². The van der Waals surface area contributed by atoms with Crippen LogP contribution >= 0.6 is 0 Å². The maximum Gasteiger partial charge on any atom is 0.0788 e. The first-order valence-electron chi connectivity index (χ1n) is 4.50. The van der Waals surface area contributed by atoms with Crippen molar-refractivity contribution in [3.63, 3.8) is 0 Å². The number of rotatable bonds is 4. The summed E-state index contributed by atoms with van der Waals surface area (Å²) in [5, 5.41) is 14.4. The second kappa shape index (κ2) is 4.39. The fourth-order valence-electron chi connectivity index (χ4n) is 1.20. The van der Waals surface area contributed by atoms with Crippen LogP contribution in [0.3, 0.4) is 0 Å². The first-order chi connectivity index (χ1) is 6.08. The summed E-state index contributed by atoms with van der Waals surface area (Å²) in [7, 11) is 1.61. The van der Waals surface area contributed by atoms with Crippen molar-refractivity contribution in [3.8, 4) is 0 Å². The molecule has 0 saturated heterocycles. The highest BCUT2D eigenvalue weighted by Gasteiger charge is 2.02. The molecule has 0 fully saturated rings. The SMILES string of the molecule is CC(C)Cn1ccc(CN(C)O)n1. The molecule has 4 heteroatoms. The molecule has 0 aliphatic heterocycles. The van der Waals surface area contributed by atoms with Crippen molar-refractivity contribution in [3.05, 3.63) is 18.0 Å². The summed E-state index contributed by atoms with van der Waals surface area (Å²) in [6.07, 6.45) is 1.94. The molecule has 1 aromatic rings. The second-order valence-electron chi connectivity index (χ2n) is 3.74. The van der Waals surface area contributed by atoms with Gasteiger partial charge in [0, 0.05) is 19.8 Å². The van der Waals surface area contributed by atoms with Gasteiger partial charge >= 0.3 is 0 Å². The number of hydroxylamine groups is 2. The zero-order valence-electron chi connectivity index (χ0n) is 8.44. The molecule has 13 heavy (non-hydrogen) atoms. The van der Waals surface area contributed by atoms with Gasteiger partial charge in [-0.25, -0.2) is 0 Å². The fourth-order valence-corrected chi connectivity index (χ4v) is 1.20. The Bertz CT molecular complexity index is 231. The highest BCUT2D eigenvalue weighted by molar-refractivity contribution is 4.97. The predicted molar refractivity (Wildman–Crippen MR) is 50.3 cm³/mol. The van der Waals surface area contributed by atoms with Crippen LogP contribution in [0.4, 0.5) is 0 Å². The van der Waals surface area contributed by atoms with Gasteiger partial charge in [0.25, 0.3) is 0 Å². The Balaban J connectivity index is 2.53. The van der Waals surface area contributed by atoms with E-state index in [1.54, 1.807) is 7.05 Å². The van der Waals surface area contributed by atoms with Crippen LogP contribution in [-0.4, -0.2) is 27.1 Å². The molecule has 0 saturated carbocycles. The van der Waals surface area contributed by atoms with E-state index in [1.807, 2.05) is 16.9 Å². The van der Waals surface area contributed by atoms with Gasteiger partial charge in [-0.15, -0.1) is 0 Å². The van der Waals surface area contributed by atoms with Crippen molar-refractivity contribution >= 4 is 0 Å². The molecule has 74 valence electrons. The molecule has 1 rings (SSSR count). The minimum Gasteiger partial charge on any atom is -0.314 e. The van der Waals surface area contributed by atoms with Crippen molar-refractivity contribution in [2.75, 3.05) is 7.05 Å². The first kappa shape index (κ1) is 10.2. The molecule has 0 amide bonds. The zero-order chi connectivity index (χ0) is 9.84. The summed E-state index contributed by atoms with van der Waals surface area (Å²) < 4.78 is 1.91. The molecule has 1 aromatic heterocycles. The third kappa shape index (κ3) is 3.57. The number of nitrogens with zero attached hydrogens (tertiary/aromatic N) is 3. The van der Waals surface area contributed by atoms with E-state index in [-0.39, 0.29) is 0 Å². The minimum atomic E-state index is 0.477. The maximum absolute atomic E-state index is 8.98. The van der Waals surface area contributed by atoms with Gasteiger partial charge in [-0.3, -0.25) is 4.68 Å². The van der Waals surface area contributed by atoms with E-state index in [9.17, 15) is 0 Å². The molecule has 0 unspecified atom stereocenters. The molecule has 1 N–H and O–H groups in total. The average Bonchev–Trinajstić information content (AvgIpc) is 2.33. The van der Waals surface area contributed by atoms with Crippen LogP contribution in [0, 0.1) is 5.92 Å². The van der Waals surface area contributed by atoms with Gasteiger partial charge in [0.1, 0.15) is 0 Å². The topological polar surface area (TPSA) is 41.3 Å². The Labute approximate surface area is 78.7 Å². The Morgan fingerprint density at radius 1 is 1.62 bits per heavy atom. The normalized spacial score (nSPS) is 11.5. The van der Waals surface area contributed by atoms with Crippen LogP contribution in [0.5, 0.6) is 0 Å². The van der Waals surface area contributed by atoms with Gasteiger partial charge in [-0.2, -0.15) is 10.2 Å². The van der Waals surface area contributed by atoms with Crippen molar-refractivity contribution in [1.29, 1.82) is 0 Å². The lowest BCUT2D eigenvalue weighted by Gasteiger charge is -2.05. The number of hydrogen-bond acceptors (Lipinski definition) is 3. The molecule has 0 aliphatic carbocycles. The van der Waals surface area contributed by atoms with E-state index in [0.717, 1.165) is 17.3 Å². The minimum absolute atomic E-state index is 0.477. The van der Waals surface area contributed by atoms with Gasteiger partial charge in [0.15, 0.2) is 0 Å². The zero-order valence-corrected chi connectivity index (χ0v) is 8.44.